The van der Waals surface area contributed by atoms with E-state index in [1.165, 1.54) is 91.7 Å². The number of carbonyl (C=O) groups excluding carboxylic acids is 2. The highest BCUT2D eigenvalue weighted by Gasteiger charge is 2.48. The Labute approximate surface area is 750 Å². The van der Waals surface area contributed by atoms with Crippen LogP contribution in [0.4, 0.5) is 35.1 Å². The molecule has 132 heavy (non-hydrogen) atoms. The number of allylic oxidation sites excluding steroid dienone is 1. The molecule has 0 spiro atoms. The zero-order chi connectivity index (χ0) is 91.5. The van der Waals surface area contributed by atoms with Gasteiger partial charge in [-0.1, -0.05) is 75.2 Å². The fourth-order valence-corrected chi connectivity index (χ4v) is 19.4. The normalized spacial score (nSPS) is 19.4. The van der Waals surface area contributed by atoms with Crippen molar-refractivity contribution >= 4 is 71.5 Å². The summed E-state index contributed by atoms with van der Waals surface area (Å²) in [5.41, 5.74) is 12.2. The number of carbonyl (C=O) groups is 2. The average Bonchev–Trinajstić information content (AvgIpc) is 1.60. The highest BCUT2D eigenvalue weighted by molar-refractivity contribution is 7.88. The molecule has 5 N–H and O–H groups in total. The minimum Gasteiger partial charge on any atom is -0.356 e. The third-order valence-corrected chi connectivity index (χ3v) is 26.9. The van der Waals surface area contributed by atoms with Gasteiger partial charge in [0.1, 0.15) is 22.6 Å². The Bertz CT molecular complexity index is 6960. The molecule has 2 aliphatic heterocycles. The molecule has 3 saturated carbocycles. The molecule has 16 aromatic rings. The van der Waals surface area contributed by atoms with Gasteiger partial charge in [-0.25, -0.2) is 68.2 Å². The number of sulfonamides is 1. The van der Waals surface area contributed by atoms with Gasteiger partial charge in [-0.2, -0.15) is 0 Å². The molecule has 2 amide bonds. The van der Waals surface area contributed by atoms with Crippen LogP contribution in [0.25, 0.3) is 140 Å². The molecule has 35 heteroatoms. The van der Waals surface area contributed by atoms with E-state index in [1.54, 1.807) is 43.4 Å². The van der Waals surface area contributed by atoms with Crippen LogP contribution in [0.5, 0.6) is 0 Å². The highest BCUT2D eigenvalue weighted by Crippen LogP contribution is 2.52. The van der Waals surface area contributed by atoms with Gasteiger partial charge in [-0.3, -0.25) is 9.59 Å². The number of rotatable bonds is 17. The Morgan fingerprint density at radius 1 is 0.424 bits per heavy atom. The van der Waals surface area contributed by atoms with Gasteiger partial charge in [0.2, 0.25) is 21.8 Å². The van der Waals surface area contributed by atoms with Gasteiger partial charge in [0.05, 0.1) is 53.3 Å². The summed E-state index contributed by atoms with van der Waals surface area (Å²) in [7, 11) is 5.17. The van der Waals surface area contributed by atoms with E-state index in [-0.39, 0.29) is 63.8 Å². The Hall–Kier alpha value is -13.6. The lowest BCUT2D eigenvalue weighted by Gasteiger charge is -2.32. The van der Waals surface area contributed by atoms with Crippen LogP contribution in [0.2, 0.25) is 0 Å². The zero-order valence-corrected chi connectivity index (χ0v) is 73.1. The molecule has 12 aromatic heterocycles. The fourth-order valence-electron chi connectivity index (χ4n) is 18.6. The first kappa shape index (κ1) is 87.7. The standard InChI is InChI=1S/2C25H23F2N5O2.C24H24F2N4O.C23H20F2N4O3S/c2*1-31-5-7-32(8-6-31)25(33)18-10-16(18)14-9-17-19(12-29-24(17)28-11-14)23-20(13-30-34-23)15-3-2-4-21(26)22(15)27;1-30(2)16-8-6-14(7-9-16)15-10-18-19(12-28-24(18)27-11-15)23-20(13-29-31-23)17-4-3-5-21(25)22(17)26;1-33(30,31)29-15-7-5-13(6-8-15)14-9-17-18(11-27-23(17)26-10-14)22-19(12-28-32-22)16-3-2-4-20(24)21(16)25/h2*2-4,9,11-13,16,18H,5-8,10H2,1H3,(H,28,29);3-5,10-14,16H,6-9H2,1-2H3,(H,27,28);2-5,9-12,15,29H,6-8H2,1H3,(H,26,27)/t2*16?,18-;;/m00../s1. The Kier molecular flexibility index (Phi) is 24.3. The van der Waals surface area contributed by atoms with Crippen molar-refractivity contribution in [1.29, 1.82) is 0 Å². The van der Waals surface area contributed by atoms with Crippen molar-refractivity contribution in [3.05, 3.63) is 246 Å². The molecule has 5 fully saturated rings. The molecule has 6 aliphatic rings. The highest BCUT2D eigenvalue weighted by atomic mass is 32.2. The van der Waals surface area contributed by atoms with Gasteiger partial charge in [0.15, 0.2) is 69.6 Å². The van der Waals surface area contributed by atoms with Crippen LogP contribution in [0.3, 0.4) is 0 Å². The molecule has 0 radical (unpaired) electrons. The second kappa shape index (κ2) is 36.6. The second-order valence-electron chi connectivity index (χ2n) is 34.8. The van der Waals surface area contributed by atoms with Crippen molar-refractivity contribution in [2.45, 2.75) is 87.6 Å². The number of aromatic nitrogens is 12. The van der Waals surface area contributed by atoms with Crippen molar-refractivity contribution in [2.24, 2.45) is 11.8 Å². The number of benzene rings is 4. The number of fused-ring (bicyclic) bond motifs is 4. The largest absolute Gasteiger partial charge is 0.356 e. The monoisotopic (exact) mass is 1820 g/mol. The molecule has 14 heterocycles. The predicted octanol–water partition coefficient (Wildman–Crippen LogP) is 18.5. The molecular formula is C97H90F8N18O8S. The molecule has 26 nitrogen and oxygen atoms in total. The number of nitrogens with one attached hydrogen (secondary N) is 5. The number of aromatic amines is 4. The minimum absolute atomic E-state index is 0.0210. The van der Waals surface area contributed by atoms with Gasteiger partial charge in [-0.15, -0.1) is 0 Å². The van der Waals surface area contributed by atoms with Crippen molar-refractivity contribution in [1.82, 2.24) is 89.7 Å². The summed E-state index contributed by atoms with van der Waals surface area (Å²) < 4.78 is 161. The third kappa shape index (κ3) is 17.8. The SMILES string of the molecule is CN(C)C1CCC(c2cnc3[nH]cc(-c4oncc4-c4cccc(F)c4F)c3c2)CC1.CN1CCN(C(=O)[C@H]2CC2c2cnc3[nH]cc(-c4oncc4-c4cccc(F)c4F)c3c2)CC1.CN1CCN(C(=O)[C@H]2CC2c2cnc3[nH]cc(-c4oncc4-c4cccc(F)c4F)c3c2)CC1.CS(=O)(=O)NC1CC=C(c2cnc3[nH]cc(-c4oncc4-c4cccc(F)c4F)c3c2)CC1. The van der Waals surface area contributed by atoms with E-state index in [9.17, 15) is 53.1 Å². The Balaban J connectivity index is 0.000000114. The van der Waals surface area contributed by atoms with E-state index in [0.29, 0.717) is 110 Å². The van der Waals surface area contributed by atoms with Crippen molar-refractivity contribution in [3.63, 3.8) is 0 Å². The van der Waals surface area contributed by atoms with Gasteiger partial charge < -0.3 is 62.5 Å². The maximum Gasteiger partial charge on any atom is 0.226 e. The molecule has 0 bridgehead atoms. The van der Waals surface area contributed by atoms with Crippen LogP contribution >= 0.6 is 0 Å². The smallest absolute Gasteiger partial charge is 0.226 e. The van der Waals surface area contributed by atoms with E-state index in [0.717, 1.165) is 164 Å². The number of halogens is 8. The van der Waals surface area contributed by atoms with Crippen LogP contribution in [0.15, 0.2) is 196 Å². The molecule has 22 rings (SSSR count). The van der Waals surface area contributed by atoms with Crippen molar-refractivity contribution in [3.8, 4) is 89.8 Å². The predicted molar refractivity (Wildman–Crippen MR) is 480 cm³/mol. The van der Waals surface area contributed by atoms with Gasteiger partial charge in [-0.05, 0) is 180 Å². The van der Waals surface area contributed by atoms with Crippen LogP contribution in [-0.4, -0.2) is 204 Å². The van der Waals surface area contributed by atoms with Gasteiger partial charge >= 0.3 is 0 Å². The van der Waals surface area contributed by atoms with Crippen molar-refractivity contribution < 1.29 is 71.2 Å². The molecule has 4 aliphatic carbocycles. The first-order chi connectivity index (χ1) is 63.8. The quantitative estimate of drug-likeness (QED) is 0.0529. The minimum atomic E-state index is -3.25. The Morgan fingerprint density at radius 2 is 0.765 bits per heavy atom. The second-order valence-corrected chi connectivity index (χ2v) is 36.6. The first-order valence-electron chi connectivity index (χ1n) is 43.6. The van der Waals surface area contributed by atoms with E-state index >= 15 is 0 Å². The molecular weight excluding hydrogens is 1730 g/mol. The summed E-state index contributed by atoms with van der Waals surface area (Å²) in [5.74, 6) is -5.04. The van der Waals surface area contributed by atoms with Gasteiger partial charge in [0.25, 0.3) is 0 Å². The summed E-state index contributed by atoms with van der Waals surface area (Å²) in [6.45, 7) is 6.66. The van der Waals surface area contributed by atoms with Crippen LogP contribution in [0, 0.1) is 58.4 Å². The number of piperazine rings is 2. The molecule has 3 unspecified atom stereocenters. The number of amides is 2. The third-order valence-electron chi connectivity index (χ3n) is 26.2. The summed E-state index contributed by atoms with van der Waals surface area (Å²) in [6.07, 6.45) is 31.1. The number of hydrogen-bond donors (Lipinski definition) is 5. The van der Waals surface area contributed by atoms with Gasteiger partial charge in [0, 0.05) is 192 Å². The topological polar surface area (TPSA) is 315 Å². The number of hydrogen-bond acceptors (Lipinski definition) is 19. The summed E-state index contributed by atoms with van der Waals surface area (Å²) in [5, 5.41) is 18.6. The number of pyridine rings is 4. The zero-order valence-electron chi connectivity index (χ0n) is 72.3. The van der Waals surface area contributed by atoms with E-state index in [1.807, 2.05) is 40.3 Å². The fraction of sp³-hybridized carbons (Fsp3) is 0.299. The molecule has 5 atom stereocenters. The maximum atomic E-state index is 14.5. The van der Waals surface area contributed by atoms with E-state index in [4.69, 9.17) is 18.1 Å². The number of likely N-dealkylation sites (N-methyl/N-ethyl adjacent to an activating group) is 2. The van der Waals surface area contributed by atoms with E-state index in [2.05, 4.69) is 114 Å². The first-order valence-corrected chi connectivity index (χ1v) is 45.5. The molecule has 4 aromatic carbocycles. The maximum absolute atomic E-state index is 14.5. The van der Waals surface area contributed by atoms with Crippen LogP contribution in [-0.2, 0) is 19.6 Å². The van der Waals surface area contributed by atoms with E-state index < -0.39 is 56.6 Å². The summed E-state index contributed by atoms with van der Waals surface area (Å²) in [6, 6.07) is 24.7. The lowest BCUT2D eigenvalue weighted by atomic mass is 9.81. The van der Waals surface area contributed by atoms with Crippen LogP contribution in [0.1, 0.15) is 97.8 Å². The lowest BCUT2D eigenvalue weighted by Crippen LogP contribution is -2.47. The summed E-state index contributed by atoms with van der Waals surface area (Å²) >= 11 is 0. The molecule has 2 saturated heterocycles. The molecule has 678 valence electrons. The lowest BCUT2D eigenvalue weighted by molar-refractivity contribution is -0.135. The van der Waals surface area contributed by atoms with Crippen LogP contribution < -0.4 is 4.72 Å². The van der Waals surface area contributed by atoms with Crippen molar-refractivity contribution in [2.75, 3.05) is 86.8 Å². The summed E-state index contributed by atoms with van der Waals surface area (Å²) in [4.78, 5) is 67.3. The average molecular weight is 1820 g/mol. The number of H-pyrrole nitrogens is 4. The number of nitrogens with zero attached hydrogens (tertiary/aromatic N) is 13. The Morgan fingerprint density at radius 3 is 1.11 bits per heavy atom.